The second kappa shape index (κ2) is 7.97. The molecule has 2 rings (SSSR count). The van der Waals surface area contributed by atoms with Gasteiger partial charge in [-0.05, 0) is 36.4 Å². The van der Waals surface area contributed by atoms with E-state index < -0.39 is 0 Å². The lowest BCUT2D eigenvalue weighted by Gasteiger charge is -2.22. The molecule has 0 aromatic heterocycles. The van der Waals surface area contributed by atoms with Gasteiger partial charge < -0.3 is 15.1 Å². The summed E-state index contributed by atoms with van der Waals surface area (Å²) >= 11 is 0. The normalized spacial score (nSPS) is 9.84. The molecule has 0 saturated heterocycles. The first-order valence-corrected chi connectivity index (χ1v) is 7.77. The van der Waals surface area contributed by atoms with E-state index in [9.17, 15) is 9.59 Å². The maximum absolute atomic E-state index is 12.3. The molecule has 0 unspecified atom stereocenters. The number of carbonyl (C=O) groups is 2. The first-order valence-electron chi connectivity index (χ1n) is 7.77. The first kappa shape index (κ1) is 18.0. The van der Waals surface area contributed by atoms with Crippen LogP contribution in [0.1, 0.15) is 12.5 Å². The SMILES string of the molecule is CC(=O)N(CC(=O)Nc1ccccc1C#N)c1ccc(N(C)C)cc1. The van der Waals surface area contributed by atoms with Crippen molar-refractivity contribution in [3.8, 4) is 6.07 Å². The highest BCUT2D eigenvalue weighted by atomic mass is 16.2. The summed E-state index contributed by atoms with van der Waals surface area (Å²) in [4.78, 5) is 27.6. The van der Waals surface area contributed by atoms with Crippen LogP contribution in [0.2, 0.25) is 0 Å². The van der Waals surface area contributed by atoms with E-state index in [1.54, 1.807) is 36.4 Å². The highest BCUT2D eigenvalue weighted by Crippen LogP contribution is 2.20. The lowest BCUT2D eigenvalue weighted by molar-refractivity contribution is -0.120. The van der Waals surface area contributed by atoms with E-state index in [4.69, 9.17) is 5.26 Å². The molecule has 6 nitrogen and oxygen atoms in total. The van der Waals surface area contributed by atoms with Crippen molar-refractivity contribution in [1.29, 1.82) is 5.26 Å². The Balaban J connectivity index is 2.15. The molecule has 2 aromatic carbocycles. The van der Waals surface area contributed by atoms with Gasteiger partial charge in [0.05, 0.1) is 11.3 Å². The van der Waals surface area contributed by atoms with Crippen molar-refractivity contribution in [2.24, 2.45) is 0 Å². The molecule has 0 aliphatic carbocycles. The molecule has 0 radical (unpaired) electrons. The number of anilines is 3. The number of nitriles is 1. The van der Waals surface area contributed by atoms with Crippen molar-refractivity contribution < 1.29 is 9.59 Å². The van der Waals surface area contributed by atoms with Crippen LogP contribution in [-0.4, -0.2) is 32.5 Å². The van der Waals surface area contributed by atoms with Gasteiger partial charge in [-0.3, -0.25) is 9.59 Å². The number of nitrogens with one attached hydrogen (secondary N) is 1. The molecule has 0 aliphatic rings. The zero-order chi connectivity index (χ0) is 18.4. The molecule has 0 aliphatic heterocycles. The van der Waals surface area contributed by atoms with E-state index in [0.717, 1.165) is 5.69 Å². The Labute approximate surface area is 147 Å². The summed E-state index contributed by atoms with van der Waals surface area (Å²) in [5.74, 6) is -0.601. The largest absolute Gasteiger partial charge is 0.378 e. The minimum atomic E-state index is -0.366. The first-order chi connectivity index (χ1) is 11.9. The van der Waals surface area contributed by atoms with Gasteiger partial charge in [0, 0.05) is 32.4 Å². The number of para-hydroxylation sites is 1. The highest BCUT2D eigenvalue weighted by Gasteiger charge is 2.17. The van der Waals surface area contributed by atoms with Gasteiger partial charge in [0.2, 0.25) is 11.8 Å². The fourth-order valence-corrected chi connectivity index (χ4v) is 2.34. The van der Waals surface area contributed by atoms with Crippen LogP contribution in [0.15, 0.2) is 48.5 Å². The minimum absolute atomic E-state index is 0.129. The van der Waals surface area contributed by atoms with Crippen molar-refractivity contribution in [2.45, 2.75) is 6.92 Å². The standard InChI is InChI=1S/C19H20N4O2/c1-14(24)23(17-10-8-16(9-11-17)22(2)3)13-19(25)21-18-7-5-4-6-15(18)12-20/h4-11H,13H2,1-3H3,(H,21,25). The van der Waals surface area contributed by atoms with Crippen LogP contribution in [-0.2, 0) is 9.59 Å². The average Bonchev–Trinajstić information content (AvgIpc) is 2.60. The van der Waals surface area contributed by atoms with Gasteiger partial charge in [-0.25, -0.2) is 0 Å². The Kier molecular flexibility index (Phi) is 5.75. The van der Waals surface area contributed by atoms with Crippen LogP contribution in [0.25, 0.3) is 0 Å². The van der Waals surface area contributed by atoms with Gasteiger partial charge >= 0.3 is 0 Å². The molecule has 25 heavy (non-hydrogen) atoms. The smallest absolute Gasteiger partial charge is 0.244 e. The Hall–Kier alpha value is -3.33. The van der Waals surface area contributed by atoms with Crippen molar-refractivity contribution in [2.75, 3.05) is 35.8 Å². The van der Waals surface area contributed by atoms with E-state index in [1.165, 1.54) is 11.8 Å². The monoisotopic (exact) mass is 336 g/mol. The topological polar surface area (TPSA) is 76.4 Å². The predicted octanol–water partition coefficient (Wildman–Crippen LogP) is 2.62. The number of nitrogens with zero attached hydrogens (tertiary/aromatic N) is 3. The summed E-state index contributed by atoms with van der Waals surface area (Å²) in [6.45, 7) is 1.28. The van der Waals surface area contributed by atoms with Crippen LogP contribution >= 0.6 is 0 Å². The Morgan fingerprint density at radius 1 is 1.04 bits per heavy atom. The fourth-order valence-electron chi connectivity index (χ4n) is 2.34. The lowest BCUT2D eigenvalue weighted by Crippen LogP contribution is -2.36. The molecule has 1 N–H and O–H groups in total. The van der Waals surface area contributed by atoms with E-state index in [2.05, 4.69) is 5.32 Å². The quantitative estimate of drug-likeness (QED) is 0.910. The molecule has 0 fully saturated rings. The van der Waals surface area contributed by atoms with Crippen molar-refractivity contribution in [3.05, 3.63) is 54.1 Å². The molecular weight excluding hydrogens is 316 g/mol. The van der Waals surface area contributed by atoms with Gasteiger partial charge in [-0.15, -0.1) is 0 Å². The third kappa shape index (κ3) is 4.58. The average molecular weight is 336 g/mol. The van der Waals surface area contributed by atoms with Crippen LogP contribution in [0.5, 0.6) is 0 Å². The Morgan fingerprint density at radius 2 is 1.64 bits per heavy atom. The van der Waals surface area contributed by atoms with Gasteiger partial charge in [-0.1, -0.05) is 12.1 Å². The van der Waals surface area contributed by atoms with Crippen molar-refractivity contribution in [1.82, 2.24) is 0 Å². The summed E-state index contributed by atoms with van der Waals surface area (Å²) in [5.41, 5.74) is 2.45. The summed E-state index contributed by atoms with van der Waals surface area (Å²) in [6.07, 6.45) is 0. The molecule has 0 bridgehead atoms. The summed E-state index contributed by atoms with van der Waals surface area (Å²) in [6, 6.07) is 16.1. The van der Waals surface area contributed by atoms with Gasteiger partial charge in [0.15, 0.2) is 0 Å². The Morgan fingerprint density at radius 3 is 2.20 bits per heavy atom. The Bertz CT molecular complexity index is 807. The maximum atomic E-state index is 12.3. The molecule has 6 heteroatoms. The third-order valence-corrected chi connectivity index (χ3v) is 3.68. The maximum Gasteiger partial charge on any atom is 0.244 e. The van der Waals surface area contributed by atoms with Crippen molar-refractivity contribution in [3.63, 3.8) is 0 Å². The van der Waals surface area contributed by atoms with Crippen LogP contribution in [0, 0.1) is 11.3 Å². The van der Waals surface area contributed by atoms with Crippen molar-refractivity contribution >= 4 is 28.9 Å². The van der Waals surface area contributed by atoms with Crippen LogP contribution < -0.4 is 15.1 Å². The molecule has 2 amide bonds. The molecule has 0 atom stereocenters. The molecule has 0 saturated carbocycles. The van der Waals surface area contributed by atoms with Gasteiger partial charge in [0.1, 0.15) is 12.6 Å². The van der Waals surface area contributed by atoms with Gasteiger partial charge in [-0.2, -0.15) is 5.26 Å². The highest BCUT2D eigenvalue weighted by molar-refractivity contribution is 6.02. The number of hydrogen-bond donors (Lipinski definition) is 1. The number of hydrogen-bond acceptors (Lipinski definition) is 4. The molecule has 0 spiro atoms. The second-order valence-electron chi connectivity index (χ2n) is 5.72. The van der Waals surface area contributed by atoms with Gasteiger partial charge in [0.25, 0.3) is 0 Å². The summed E-state index contributed by atoms with van der Waals surface area (Å²) < 4.78 is 0. The number of amides is 2. The number of carbonyl (C=O) groups excluding carboxylic acids is 2. The third-order valence-electron chi connectivity index (χ3n) is 3.68. The van der Waals surface area contributed by atoms with E-state index in [-0.39, 0.29) is 18.4 Å². The summed E-state index contributed by atoms with van der Waals surface area (Å²) in [5, 5.41) is 11.8. The molecule has 0 heterocycles. The molecular formula is C19H20N4O2. The lowest BCUT2D eigenvalue weighted by atomic mass is 10.2. The number of rotatable bonds is 5. The fraction of sp³-hybridized carbons (Fsp3) is 0.211. The van der Waals surface area contributed by atoms with E-state index >= 15 is 0 Å². The van der Waals surface area contributed by atoms with E-state index in [1.807, 2.05) is 37.2 Å². The second-order valence-corrected chi connectivity index (χ2v) is 5.72. The molecule has 2 aromatic rings. The zero-order valence-corrected chi connectivity index (χ0v) is 14.5. The zero-order valence-electron chi connectivity index (χ0n) is 14.5. The van der Waals surface area contributed by atoms with Crippen LogP contribution in [0.3, 0.4) is 0 Å². The minimum Gasteiger partial charge on any atom is -0.378 e. The van der Waals surface area contributed by atoms with E-state index in [0.29, 0.717) is 16.9 Å². The number of benzene rings is 2. The molecule has 128 valence electrons. The predicted molar refractivity (Wildman–Crippen MR) is 98.6 cm³/mol. The van der Waals surface area contributed by atoms with Crippen LogP contribution in [0.4, 0.5) is 17.1 Å². The summed E-state index contributed by atoms with van der Waals surface area (Å²) in [7, 11) is 3.86.